The average Bonchev–Trinajstić information content (AvgIpc) is 3.88. The van der Waals surface area contributed by atoms with Crippen LogP contribution >= 0.6 is 0 Å². The van der Waals surface area contributed by atoms with E-state index in [1.54, 1.807) is 0 Å². The summed E-state index contributed by atoms with van der Waals surface area (Å²) < 4.78 is 0. The van der Waals surface area contributed by atoms with Crippen LogP contribution in [0.4, 0.5) is 51.2 Å². The van der Waals surface area contributed by atoms with Crippen LogP contribution in [0.2, 0.25) is 0 Å². The van der Waals surface area contributed by atoms with Crippen molar-refractivity contribution in [2.45, 2.75) is 57.8 Å². The van der Waals surface area contributed by atoms with Crippen LogP contribution in [0.25, 0.3) is 32.7 Å². The normalized spacial score (nSPS) is 13.4. The molecule has 0 unspecified atom stereocenters. The van der Waals surface area contributed by atoms with Gasteiger partial charge in [-0.25, -0.2) is 0 Å². The van der Waals surface area contributed by atoms with Gasteiger partial charge in [0.05, 0.1) is 16.8 Å². The Hall–Kier alpha value is -8.66. The second-order valence-corrected chi connectivity index (χ2v) is 22.1. The number of fused-ring (bicyclic) bond motifs is 14. The number of hydrogen-bond acceptors (Lipinski definition) is 3. The van der Waals surface area contributed by atoms with Crippen molar-refractivity contribution < 1.29 is 0 Å². The summed E-state index contributed by atoms with van der Waals surface area (Å²) in [6, 6.07) is 93.0. The number of hydrogen-bond donors (Lipinski definition) is 0. The van der Waals surface area contributed by atoms with E-state index in [2.05, 4.69) is 305 Å². The molecule has 0 radical (unpaired) electrons. The summed E-state index contributed by atoms with van der Waals surface area (Å²) in [5, 5.41) is 4.95. The van der Waals surface area contributed by atoms with E-state index in [0.717, 1.165) is 39.8 Å². The summed E-state index contributed by atoms with van der Waals surface area (Å²) in [5.41, 5.74) is 19.8. The molecule has 0 amide bonds. The van der Waals surface area contributed by atoms with Crippen LogP contribution < -0.4 is 14.7 Å². The molecule has 1 heterocycles. The Morgan fingerprint density at radius 1 is 0.324 bits per heavy atom. The second-order valence-electron chi connectivity index (χ2n) is 22.1. The van der Waals surface area contributed by atoms with Crippen LogP contribution in [-0.4, -0.2) is 0 Å². The molecule has 0 bridgehead atoms. The highest BCUT2D eigenvalue weighted by Crippen LogP contribution is 2.66. The predicted molar refractivity (Wildman–Crippen MR) is 314 cm³/mol. The van der Waals surface area contributed by atoms with Gasteiger partial charge < -0.3 is 14.7 Å². The molecule has 358 valence electrons. The van der Waals surface area contributed by atoms with Crippen molar-refractivity contribution in [3.63, 3.8) is 0 Å². The zero-order valence-electron chi connectivity index (χ0n) is 43.0. The lowest BCUT2D eigenvalue weighted by Gasteiger charge is -2.45. The number of anilines is 9. The number of para-hydroxylation sites is 5. The third kappa shape index (κ3) is 7.09. The Morgan fingerprint density at radius 3 is 1.27 bits per heavy atom. The molecule has 0 saturated carbocycles. The van der Waals surface area contributed by atoms with Gasteiger partial charge in [-0.05, 0) is 174 Å². The molecule has 74 heavy (non-hydrogen) atoms. The third-order valence-corrected chi connectivity index (χ3v) is 15.7. The maximum absolute atomic E-state index is 2.53. The van der Waals surface area contributed by atoms with Crippen LogP contribution in [0, 0.1) is 0 Å². The summed E-state index contributed by atoms with van der Waals surface area (Å²) in [4.78, 5) is 7.34. The topological polar surface area (TPSA) is 9.72 Å². The standard InChI is InChI=1S/C71H59N3/c1-69(2,3)48-34-38-53(39-35-48)72(50-22-10-7-11-23-50)55-42-44-59-61(46-55)57-28-16-17-29-58(57)67-60-45-43-56(73(51-24-12-8-13-25-51)54-40-36-49(37-41-54)70(4,5)6)47-64(60)71(68(59)67)62-30-18-20-32-65(62)74(52-26-14-9-15-27-52)66-33-21-19-31-63(66)71/h7-47H,1-6H3. The summed E-state index contributed by atoms with van der Waals surface area (Å²) in [5.74, 6) is 0. The van der Waals surface area contributed by atoms with Crippen LogP contribution in [0.1, 0.15) is 74.9 Å². The molecule has 0 aromatic heterocycles. The van der Waals surface area contributed by atoms with Crippen LogP contribution in [0.3, 0.4) is 0 Å². The maximum Gasteiger partial charge on any atom is 0.0761 e. The lowest BCUT2D eigenvalue weighted by molar-refractivity contribution is 0.590. The Bertz CT molecular complexity index is 3850. The highest BCUT2D eigenvalue weighted by molar-refractivity contribution is 6.20. The van der Waals surface area contributed by atoms with E-state index in [4.69, 9.17) is 0 Å². The van der Waals surface area contributed by atoms with Gasteiger partial charge in [0.1, 0.15) is 0 Å². The van der Waals surface area contributed by atoms with Gasteiger partial charge in [-0.2, -0.15) is 0 Å². The molecule has 3 heteroatoms. The highest BCUT2D eigenvalue weighted by Gasteiger charge is 2.53. The first-order valence-corrected chi connectivity index (χ1v) is 26.1. The van der Waals surface area contributed by atoms with E-state index in [1.165, 1.54) is 77.4 Å². The fourth-order valence-corrected chi connectivity index (χ4v) is 12.3. The first-order chi connectivity index (χ1) is 36.0. The Kier molecular flexibility index (Phi) is 10.5. The van der Waals surface area contributed by atoms with Gasteiger partial charge in [0.2, 0.25) is 0 Å². The lowest BCUT2D eigenvalue weighted by Crippen LogP contribution is -2.36. The molecule has 0 fully saturated rings. The molecule has 0 saturated heterocycles. The predicted octanol–water partition coefficient (Wildman–Crippen LogP) is 19.7. The van der Waals surface area contributed by atoms with E-state index >= 15 is 0 Å². The van der Waals surface area contributed by atoms with E-state index in [1.807, 2.05) is 0 Å². The van der Waals surface area contributed by atoms with Crippen LogP contribution in [-0.2, 0) is 16.2 Å². The molecule has 3 nitrogen and oxygen atoms in total. The van der Waals surface area contributed by atoms with Crippen molar-refractivity contribution in [2.75, 3.05) is 14.7 Å². The van der Waals surface area contributed by atoms with E-state index in [-0.39, 0.29) is 10.8 Å². The van der Waals surface area contributed by atoms with Crippen molar-refractivity contribution in [3.05, 3.63) is 282 Å². The minimum Gasteiger partial charge on any atom is -0.310 e. The van der Waals surface area contributed by atoms with Gasteiger partial charge in [-0.1, -0.05) is 193 Å². The fraction of sp³-hybridized carbons (Fsp3) is 0.127. The first-order valence-electron chi connectivity index (χ1n) is 26.1. The fourth-order valence-electron chi connectivity index (χ4n) is 12.3. The molecule has 11 aromatic carbocycles. The van der Waals surface area contributed by atoms with Crippen molar-refractivity contribution in [3.8, 4) is 11.1 Å². The molecular formula is C71H59N3. The largest absolute Gasteiger partial charge is 0.310 e. The van der Waals surface area contributed by atoms with Gasteiger partial charge in [0.15, 0.2) is 0 Å². The summed E-state index contributed by atoms with van der Waals surface area (Å²) >= 11 is 0. The summed E-state index contributed by atoms with van der Waals surface area (Å²) in [7, 11) is 0. The quantitative estimate of drug-likeness (QED) is 0.147. The summed E-state index contributed by atoms with van der Waals surface area (Å²) in [6.07, 6.45) is 0. The average molecular weight is 954 g/mol. The minimum absolute atomic E-state index is 0.0288. The molecule has 11 aromatic rings. The number of benzene rings is 11. The zero-order chi connectivity index (χ0) is 50.3. The monoisotopic (exact) mass is 953 g/mol. The highest BCUT2D eigenvalue weighted by atomic mass is 15.2. The van der Waals surface area contributed by atoms with E-state index in [0.29, 0.717) is 0 Å². The molecule has 0 N–H and O–H groups in total. The molecule has 1 aliphatic heterocycles. The molecular weight excluding hydrogens is 895 g/mol. The molecule has 1 spiro atoms. The number of rotatable bonds is 7. The van der Waals surface area contributed by atoms with Crippen molar-refractivity contribution >= 4 is 72.7 Å². The van der Waals surface area contributed by atoms with E-state index in [9.17, 15) is 0 Å². The van der Waals surface area contributed by atoms with Crippen molar-refractivity contribution in [1.29, 1.82) is 0 Å². The number of nitrogens with zero attached hydrogens (tertiary/aromatic N) is 3. The molecule has 13 rings (SSSR count). The van der Waals surface area contributed by atoms with Gasteiger partial charge >= 0.3 is 0 Å². The molecule has 2 aliphatic rings. The Morgan fingerprint density at radius 2 is 0.743 bits per heavy atom. The van der Waals surface area contributed by atoms with Crippen LogP contribution in [0.5, 0.6) is 0 Å². The summed E-state index contributed by atoms with van der Waals surface area (Å²) in [6.45, 7) is 13.7. The maximum atomic E-state index is 2.53. The van der Waals surface area contributed by atoms with Gasteiger partial charge in [-0.3, -0.25) is 0 Å². The Labute approximate surface area is 436 Å². The zero-order valence-corrected chi connectivity index (χ0v) is 43.0. The second kappa shape index (κ2) is 17.2. The van der Waals surface area contributed by atoms with Crippen molar-refractivity contribution in [1.82, 2.24) is 0 Å². The SMILES string of the molecule is CC(C)(C)c1ccc(N(c2ccccc2)c2ccc3c(c2)C2(c4ccccc4N(c4ccccc4)c4ccccc42)c2c-3c3ccccc3c3cc(N(c4ccccc4)c4ccc(C(C)(C)C)cc4)ccc23)cc1. The molecule has 0 atom stereocenters. The van der Waals surface area contributed by atoms with Gasteiger partial charge in [0, 0.05) is 39.8 Å². The Balaban J connectivity index is 1.13. The smallest absolute Gasteiger partial charge is 0.0761 e. The van der Waals surface area contributed by atoms with Gasteiger partial charge in [-0.15, -0.1) is 0 Å². The van der Waals surface area contributed by atoms with Crippen LogP contribution in [0.15, 0.2) is 249 Å². The lowest BCUT2D eigenvalue weighted by atomic mass is 9.63. The van der Waals surface area contributed by atoms with Crippen molar-refractivity contribution in [2.24, 2.45) is 0 Å². The third-order valence-electron chi connectivity index (χ3n) is 15.7. The van der Waals surface area contributed by atoms with Gasteiger partial charge in [0.25, 0.3) is 0 Å². The van der Waals surface area contributed by atoms with E-state index < -0.39 is 5.41 Å². The minimum atomic E-state index is -0.733. The molecule has 1 aliphatic carbocycles. The first kappa shape index (κ1) is 45.2.